The van der Waals surface area contributed by atoms with Gasteiger partial charge in [-0.1, -0.05) is 0 Å². The van der Waals surface area contributed by atoms with Crippen LogP contribution in [0.15, 0.2) is 11.4 Å². The smallest absolute Gasteiger partial charge is 0.346 e. The van der Waals surface area contributed by atoms with Crippen molar-refractivity contribution in [3.63, 3.8) is 0 Å². The van der Waals surface area contributed by atoms with Gasteiger partial charge in [-0.3, -0.25) is 4.90 Å². The zero-order valence-electron chi connectivity index (χ0n) is 11.2. The van der Waals surface area contributed by atoms with Crippen molar-refractivity contribution in [1.29, 1.82) is 0 Å². The van der Waals surface area contributed by atoms with Crippen LogP contribution in [0, 0.1) is 0 Å². The molecule has 0 aromatic carbocycles. The Morgan fingerprint density at radius 1 is 1.68 bits per heavy atom. The molecule has 1 aliphatic rings. The summed E-state index contributed by atoms with van der Waals surface area (Å²) in [6.07, 6.45) is 0. The molecule has 2 rings (SSSR count). The third-order valence-corrected chi connectivity index (χ3v) is 4.15. The molecule has 1 fully saturated rings. The number of nitrogens with zero attached hydrogens (tertiary/aromatic N) is 1. The van der Waals surface area contributed by atoms with E-state index in [1.165, 1.54) is 11.3 Å². The second-order valence-corrected chi connectivity index (χ2v) is 5.94. The highest BCUT2D eigenvalue weighted by Gasteiger charge is 2.32. The normalized spacial score (nSPS) is 24.5. The number of thiophene rings is 1. The first-order chi connectivity index (χ1) is 9.04. The summed E-state index contributed by atoms with van der Waals surface area (Å²) in [5.74, 6) is -0.849. The van der Waals surface area contributed by atoms with Crippen LogP contribution >= 0.6 is 11.3 Å². The van der Waals surface area contributed by atoms with Gasteiger partial charge in [0.2, 0.25) is 0 Å². The first-order valence-corrected chi connectivity index (χ1v) is 7.07. The van der Waals surface area contributed by atoms with E-state index in [2.05, 4.69) is 4.90 Å². The van der Waals surface area contributed by atoms with E-state index in [4.69, 9.17) is 14.6 Å². The number of rotatable bonds is 5. The van der Waals surface area contributed by atoms with Crippen molar-refractivity contribution in [2.45, 2.75) is 19.1 Å². The maximum atomic E-state index is 11.1. The van der Waals surface area contributed by atoms with E-state index in [0.717, 1.165) is 18.7 Å². The van der Waals surface area contributed by atoms with Crippen molar-refractivity contribution in [3.05, 3.63) is 21.9 Å². The molecule has 0 spiro atoms. The summed E-state index contributed by atoms with van der Waals surface area (Å²) in [5, 5.41) is 10.9. The van der Waals surface area contributed by atoms with E-state index >= 15 is 0 Å². The average Bonchev–Trinajstić information content (AvgIpc) is 2.77. The predicted molar refractivity (Wildman–Crippen MR) is 72.8 cm³/mol. The number of hydrogen-bond acceptors (Lipinski definition) is 5. The molecular weight excluding hydrogens is 266 g/mol. The summed E-state index contributed by atoms with van der Waals surface area (Å²) < 4.78 is 10.9. The SMILES string of the molecule is COCC1(C)CN(Cc2ccsc2C(=O)O)CCO1. The third-order valence-electron chi connectivity index (χ3n) is 3.20. The van der Waals surface area contributed by atoms with Gasteiger partial charge in [0, 0.05) is 26.7 Å². The van der Waals surface area contributed by atoms with E-state index in [1.807, 2.05) is 18.4 Å². The summed E-state index contributed by atoms with van der Waals surface area (Å²) in [6.45, 7) is 5.41. The summed E-state index contributed by atoms with van der Waals surface area (Å²) in [4.78, 5) is 13.8. The van der Waals surface area contributed by atoms with Crippen molar-refractivity contribution in [3.8, 4) is 0 Å². The average molecular weight is 285 g/mol. The molecule has 0 bridgehead atoms. The molecule has 2 heterocycles. The number of methoxy groups -OCH3 is 1. The van der Waals surface area contributed by atoms with Gasteiger partial charge in [-0.15, -0.1) is 11.3 Å². The minimum absolute atomic E-state index is 0.313. The fourth-order valence-electron chi connectivity index (χ4n) is 2.44. The Labute approximate surface area is 116 Å². The van der Waals surface area contributed by atoms with Gasteiger partial charge in [0.05, 0.1) is 13.2 Å². The van der Waals surface area contributed by atoms with Gasteiger partial charge >= 0.3 is 5.97 Å². The molecule has 1 unspecified atom stereocenters. The Hall–Kier alpha value is -0.950. The largest absolute Gasteiger partial charge is 0.477 e. The quantitative estimate of drug-likeness (QED) is 0.892. The van der Waals surface area contributed by atoms with Gasteiger partial charge in [-0.05, 0) is 23.9 Å². The van der Waals surface area contributed by atoms with Crippen molar-refractivity contribution >= 4 is 17.3 Å². The van der Waals surface area contributed by atoms with Gasteiger partial charge in [-0.2, -0.15) is 0 Å². The Morgan fingerprint density at radius 2 is 2.47 bits per heavy atom. The fraction of sp³-hybridized carbons (Fsp3) is 0.615. The highest BCUT2D eigenvalue weighted by molar-refractivity contribution is 7.12. The lowest BCUT2D eigenvalue weighted by molar-refractivity contribution is -0.129. The van der Waals surface area contributed by atoms with E-state index in [0.29, 0.717) is 24.6 Å². The summed E-state index contributed by atoms with van der Waals surface area (Å²) in [7, 11) is 1.66. The first kappa shape index (κ1) is 14.5. The molecule has 1 atom stereocenters. The Bertz CT molecular complexity index is 444. The molecule has 0 saturated carbocycles. The fourth-order valence-corrected chi connectivity index (χ4v) is 3.19. The maximum absolute atomic E-state index is 11.1. The van der Waals surface area contributed by atoms with Crippen LogP contribution < -0.4 is 0 Å². The van der Waals surface area contributed by atoms with Crippen LogP contribution in [0.2, 0.25) is 0 Å². The number of carboxylic acid groups (broad SMARTS) is 1. The molecule has 19 heavy (non-hydrogen) atoms. The second kappa shape index (κ2) is 6.00. The van der Waals surface area contributed by atoms with Gasteiger partial charge in [0.1, 0.15) is 10.5 Å². The minimum Gasteiger partial charge on any atom is -0.477 e. The van der Waals surface area contributed by atoms with Crippen molar-refractivity contribution in [1.82, 2.24) is 4.90 Å². The second-order valence-electron chi connectivity index (χ2n) is 5.02. The number of aromatic carboxylic acids is 1. The van der Waals surface area contributed by atoms with Crippen molar-refractivity contribution in [2.75, 3.05) is 33.4 Å². The van der Waals surface area contributed by atoms with Gasteiger partial charge in [0.25, 0.3) is 0 Å². The molecule has 1 saturated heterocycles. The molecule has 0 amide bonds. The van der Waals surface area contributed by atoms with Gasteiger partial charge in [0.15, 0.2) is 0 Å². The Kier molecular flexibility index (Phi) is 4.57. The molecule has 6 heteroatoms. The summed E-state index contributed by atoms with van der Waals surface area (Å²) >= 11 is 1.27. The van der Waals surface area contributed by atoms with Crippen molar-refractivity contribution in [2.24, 2.45) is 0 Å². The number of ether oxygens (including phenoxy) is 2. The molecule has 1 N–H and O–H groups in total. The lowest BCUT2D eigenvalue weighted by atomic mass is 10.1. The van der Waals surface area contributed by atoms with Crippen LogP contribution in [0.1, 0.15) is 22.2 Å². The predicted octanol–water partition coefficient (Wildman–Crippen LogP) is 1.68. The molecule has 5 nitrogen and oxygen atoms in total. The molecule has 0 aliphatic carbocycles. The lowest BCUT2D eigenvalue weighted by Gasteiger charge is -2.40. The van der Waals surface area contributed by atoms with Gasteiger partial charge in [-0.25, -0.2) is 4.79 Å². The molecule has 106 valence electrons. The lowest BCUT2D eigenvalue weighted by Crippen LogP contribution is -2.52. The number of hydrogen-bond donors (Lipinski definition) is 1. The van der Waals surface area contributed by atoms with E-state index in [9.17, 15) is 4.79 Å². The molecule has 1 aromatic rings. The standard InChI is InChI=1S/C13H19NO4S/c1-13(9-17-2)8-14(4-5-18-13)7-10-3-6-19-11(10)12(15)16/h3,6H,4-5,7-9H2,1-2H3,(H,15,16). The third kappa shape index (κ3) is 3.54. The van der Waals surface area contributed by atoms with Gasteiger partial charge < -0.3 is 14.6 Å². The number of carboxylic acids is 1. The van der Waals surface area contributed by atoms with E-state index in [1.54, 1.807) is 7.11 Å². The topological polar surface area (TPSA) is 59.0 Å². The van der Waals surface area contributed by atoms with Crippen LogP contribution in [-0.2, 0) is 16.0 Å². The summed E-state index contributed by atoms with van der Waals surface area (Å²) in [5.41, 5.74) is 0.561. The van der Waals surface area contributed by atoms with Crippen LogP contribution in [0.5, 0.6) is 0 Å². The summed E-state index contributed by atoms with van der Waals surface area (Å²) in [6, 6.07) is 1.89. The van der Waals surface area contributed by atoms with E-state index in [-0.39, 0.29) is 5.60 Å². The zero-order chi connectivity index (χ0) is 13.9. The highest BCUT2D eigenvalue weighted by atomic mass is 32.1. The van der Waals surface area contributed by atoms with Crippen LogP contribution in [0.3, 0.4) is 0 Å². The highest BCUT2D eigenvalue weighted by Crippen LogP contribution is 2.23. The minimum atomic E-state index is -0.849. The Morgan fingerprint density at radius 3 is 3.16 bits per heavy atom. The number of morpholine rings is 1. The van der Waals surface area contributed by atoms with Crippen LogP contribution in [0.4, 0.5) is 0 Å². The molecule has 1 aliphatic heterocycles. The zero-order valence-corrected chi connectivity index (χ0v) is 12.0. The number of carbonyl (C=O) groups is 1. The first-order valence-electron chi connectivity index (χ1n) is 6.19. The molecular formula is C13H19NO4S. The van der Waals surface area contributed by atoms with E-state index < -0.39 is 5.97 Å². The van der Waals surface area contributed by atoms with Crippen LogP contribution in [0.25, 0.3) is 0 Å². The molecule has 1 aromatic heterocycles. The molecule has 0 radical (unpaired) electrons. The maximum Gasteiger partial charge on any atom is 0.346 e. The monoisotopic (exact) mass is 285 g/mol. The van der Waals surface area contributed by atoms with Crippen LogP contribution in [-0.4, -0.2) is 55.0 Å². The Balaban J connectivity index is 2.02. The van der Waals surface area contributed by atoms with Crippen molar-refractivity contribution < 1.29 is 19.4 Å².